The minimum Gasteiger partial charge on any atom is -0.491 e. The standard InChI is InChI=1S/C22H30N2O6/c1-3-13-30-24-20(26)15-19(21(27)28-2)22(24)8-10-23(11-9-22)16-17-4-6-18(7-5-17)29-14-12-25/h3-7,19,25H,1,8-16H2,2H3. The maximum Gasteiger partial charge on any atom is 0.311 e. The van der Waals surface area contributed by atoms with Crippen molar-refractivity contribution in [1.29, 1.82) is 0 Å². The van der Waals surface area contributed by atoms with Crippen molar-refractivity contribution in [3.63, 3.8) is 0 Å². The van der Waals surface area contributed by atoms with Gasteiger partial charge in [0, 0.05) is 26.1 Å². The molecule has 164 valence electrons. The lowest BCUT2D eigenvalue weighted by Crippen LogP contribution is -2.57. The van der Waals surface area contributed by atoms with Crippen molar-refractivity contribution in [2.45, 2.75) is 31.3 Å². The Labute approximate surface area is 177 Å². The van der Waals surface area contributed by atoms with Gasteiger partial charge in [-0.25, -0.2) is 5.06 Å². The summed E-state index contributed by atoms with van der Waals surface area (Å²) in [6.45, 7) is 6.36. The molecule has 0 radical (unpaired) electrons. The molecular weight excluding hydrogens is 388 g/mol. The average molecular weight is 418 g/mol. The quantitative estimate of drug-likeness (QED) is 0.481. The Morgan fingerprint density at radius 2 is 2.00 bits per heavy atom. The van der Waals surface area contributed by atoms with Gasteiger partial charge in [0.15, 0.2) is 0 Å². The number of benzene rings is 1. The van der Waals surface area contributed by atoms with Crippen molar-refractivity contribution in [3.8, 4) is 5.75 Å². The number of esters is 1. The first-order chi connectivity index (χ1) is 14.5. The second kappa shape index (κ2) is 10.1. The molecular formula is C22H30N2O6. The summed E-state index contributed by atoms with van der Waals surface area (Å²) < 4.78 is 10.4. The molecule has 0 aromatic heterocycles. The Bertz CT molecular complexity index is 742. The summed E-state index contributed by atoms with van der Waals surface area (Å²) >= 11 is 0. The number of piperidine rings is 1. The Balaban J connectivity index is 1.66. The van der Waals surface area contributed by atoms with Gasteiger partial charge in [0.25, 0.3) is 0 Å². The lowest BCUT2D eigenvalue weighted by Gasteiger charge is -2.45. The van der Waals surface area contributed by atoms with Crippen LogP contribution in [0.1, 0.15) is 24.8 Å². The number of nitrogens with zero attached hydrogens (tertiary/aromatic N) is 2. The van der Waals surface area contributed by atoms with E-state index in [0.717, 1.165) is 30.9 Å². The summed E-state index contributed by atoms with van der Waals surface area (Å²) in [5.74, 6) is -0.338. The van der Waals surface area contributed by atoms with E-state index >= 15 is 0 Å². The first kappa shape index (κ1) is 22.3. The van der Waals surface area contributed by atoms with Crippen molar-refractivity contribution in [3.05, 3.63) is 42.5 Å². The molecule has 1 amide bonds. The molecule has 1 aromatic rings. The molecule has 2 heterocycles. The Kier molecular flexibility index (Phi) is 7.47. The van der Waals surface area contributed by atoms with Gasteiger partial charge in [-0.15, -0.1) is 6.58 Å². The summed E-state index contributed by atoms with van der Waals surface area (Å²) in [6, 6.07) is 7.80. The summed E-state index contributed by atoms with van der Waals surface area (Å²) in [7, 11) is 1.36. The van der Waals surface area contributed by atoms with Crippen LogP contribution in [0.5, 0.6) is 5.75 Å². The van der Waals surface area contributed by atoms with Gasteiger partial charge in [-0.2, -0.15) is 0 Å². The third-order valence-corrected chi connectivity index (χ3v) is 5.88. The Hall–Kier alpha value is -2.42. The summed E-state index contributed by atoms with van der Waals surface area (Å²) in [5.41, 5.74) is 0.472. The fourth-order valence-electron chi connectivity index (χ4n) is 4.37. The van der Waals surface area contributed by atoms with E-state index in [-0.39, 0.29) is 38.1 Å². The van der Waals surface area contributed by atoms with Gasteiger partial charge in [-0.1, -0.05) is 18.2 Å². The van der Waals surface area contributed by atoms with E-state index in [9.17, 15) is 9.59 Å². The molecule has 2 aliphatic heterocycles. The Morgan fingerprint density at radius 1 is 1.30 bits per heavy atom. The lowest BCUT2D eigenvalue weighted by molar-refractivity contribution is -0.218. The summed E-state index contributed by atoms with van der Waals surface area (Å²) in [4.78, 5) is 33.0. The van der Waals surface area contributed by atoms with Crippen LogP contribution in [0, 0.1) is 5.92 Å². The normalized spacial score (nSPS) is 21.1. The fourth-order valence-corrected chi connectivity index (χ4v) is 4.37. The predicted octanol–water partition coefficient (Wildman–Crippen LogP) is 1.53. The average Bonchev–Trinajstić information content (AvgIpc) is 3.04. The van der Waals surface area contributed by atoms with Crippen LogP contribution < -0.4 is 4.74 Å². The van der Waals surface area contributed by atoms with Crippen LogP contribution in [-0.2, 0) is 25.7 Å². The molecule has 2 fully saturated rings. The summed E-state index contributed by atoms with van der Waals surface area (Å²) in [5, 5.41) is 10.3. The topological polar surface area (TPSA) is 88.5 Å². The maximum atomic E-state index is 12.6. The molecule has 2 aliphatic rings. The van der Waals surface area contributed by atoms with Gasteiger partial charge in [0.2, 0.25) is 5.91 Å². The van der Waals surface area contributed by atoms with Gasteiger partial charge in [0.05, 0.1) is 31.8 Å². The van der Waals surface area contributed by atoms with Gasteiger partial charge in [0.1, 0.15) is 12.4 Å². The predicted molar refractivity (Wildman–Crippen MR) is 109 cm³/mol. The molecule has 1 atom stereocenters. The van der Waals surface area contributed by atoms with Crippen LogP contribution >= 0.6 is 0 Å². The van der Waals surface area contributed by atoms with E-state index in [1.54, 1.807) is 6.08 Å². The largest absolute Gasteiger partial charge is 0.491 e. The molecule has 1 spiro atoms. The third kappa shape index (κ3) is 4.66. The second-order valence-electron chi connectivity index (χ2n) is 7.65. The number of hydroxylamine groups is 2. The molecule has 1 N–H and O–H groups in total. The molecule has 0 bridgehead atoms. The number of carbonyl (C=O) groups is 2. The van der Waals surface area contributed by atoms with E-state index < -0.39 is 11.5 Å². The first-order valence-corrected chi connectivity index (χ1v) is 10.2. The zero-order chi connectivity index (χ0) is 21.6. The molecule has 30 heavy (non-hydrogen) atoms. The van der Waals surface area contributed by atoms with Crippen LogP contribution in [0.2, 0.25) is 0 Å². The van der Waals surface area contributed by atoms with Crippen molar-refractivity contribution in [2.75, 3.05) is 40.0 Å². The first-order valence-electron chi connectivity index (χ1n) is 10.2. The number of methoxy groups -OCH3 is 1. The van der Waals surface area contributed by atoms with Crippen molar-refractivity contribution < 1.29 is 29.0 Å². The number of aliphatic hydroxyl groups is 1. The number of ether oxygens (including phenoxy) is 2. The van der Waals surface area contributed by atoms with Crippen LogP contribution in [0.3, 0.4) is 0 Å². The minimum atomic E-state index is -0.675. The third-order valence-electron chi connectivity index (χ3n) is 5.88. The van der Waals surface area contributed by atoms with Gasteiger partial charge in [-0.3, -0.25) is 19.3 Å². The van der Waals surface area contributed by atoms with Crippen LogP contribution in [0.4, 0.5) is 0 Å². The highest BCUT2D eigenvalue weighted by Gasteiger charge is 2.58. The highest BCUT2D eigenvalue weighted by atomic mass is 16.7. The van der Waals surface area contributed by atoms with Gasteiger partial charge >= 0.3 is 5.97 Å². The number of carbonyl (C=O) groups excluding carboxylic acids is 2. The summed E-state index contributed by atoms with van der Waals surface area (Å²) in [6.07, 6.45) is 2.97. The molecule has 8 heteroatoms. The molecule has 8 nitrogen and oxygen atoms in total. The molecule has 2 saturated heterocycles. The van der Waals surface area contributed by atoms with Crippen LogP contribution in [-0.4, -0.2) is 72.5 Å². The van der Waals surface area contributed by atoms with E-state index in [1.165, 1.54) is 12.2 Å². The van der Waals surface area contributed by atoms with E-state index in [0.29, 0.717) is 12.8 Å². The smallest absolute Gasteiger partial charge is 0.311 e. The van der Waals surface area contributed by atoms with E-state index in [2.05, 4.69) is 11.5 Å². The van der Waals surface area contributed by atoms with E-state index in [1.807, 2.05) is 24.3 Å². The van der Waals surface area contributed by atoms with E-state index in [4.69, 9.17) is 19.4 Å². The zero-order valence-corrected chi connectivity index (χ0v) is 17.4. The van der Waals surface area contributed by atoms with Crippen LogP contribution in [0.15, 0.2) is 36.9 Å². The monoisotopic (exact) mass is 418 g/mol. The number of aliphatic hydroxyl groups excluding tert-OH is 1. The highest BCUT2D eigenvalue weighted by Crippen LogP contribution is 2.44. The molecule has 1 unspecified atom stereocenters. The number of hydrogen-bond donors (Lipinski definition) is 1. The number of hydrogen-bond acceptors (Lipinski definition) is 7. The SMILES string of the molecule is C=CCON1C(=O)CC(C(=O)OC)C12CCN(Cc1ccc(OCCO)cc1)CC2. The van der Waals surface area contributed by atoms with Crippen molar-refractivity contribution in [2.24, 2.45) is 5.92 Å². The minimum absolute atomic E-state index is 0.0140. The number of likely N-dealkylation sites (tertiary alicyclic amines) is 1. The van der Waals surface area contributed by atoms with Crippen LogP contribution in [0.25, 0.3) is 0 Å². The maximum absolute atomic E-state index is 12.6. The number of rotatable bonds is 9. The van der Waals surface area contributed by atoms with Gasteiger partial charge in [-0.05, 0) is 30.5 Å². The lowest BCUT2D eigenvalue weighted by atomic mass is 9.77. The second-order valence-corrected chi connectivity index (χ2v) is 7.65. The number of amides is 1. The molecule has 1 aromatic carbocycles. The molecule has 0 saturated carbocycles. The molecule has 0 aliphatic carbocycles. The Morgan fingerprint density at radius 3 is 2.60 bits per heavy atom. The van der Waals surface area contributed by atoms with Crippen molar-refractivity contribution >= 4 is 11.9 Å². The fraction of sp³-hybridized carbons (Fsp3) is 0.545. The molecule has 3 rings (SSSR count). The zero-order valence-electron chi connectivity index (χ0n) is 17.4. The van der Waals surface area contributed by atoms with Crippen molar-refractivity contribution in [1.82, 2.24) is 9.96 Å². The van der Waals surface area contributed by atoms with Gasteiger partial charge < -0.3 is 14.6 Å². The highest BCUT2D eigenvalue weighted by molar-refractivity contribution is 5.88.